The number of rotatable bonds is 5. The van der Waals surface area contributed by atoms with E-state index in [0.717, 1.165) is 18.8 Å². The summed E-state index contributed by atoms with van der Waals surface area (Å²) in [4.78, 5) is 18.2. The number of hydrogen-bond acceptors (Lipinski definition) is 3. The zero-order valence-electron chi connectivity index (χ0n) is 14.9. The molecule has 1 aliphatic heterocycles. The lowest BCUT2D eigenvalue weighted by atomic mass is 9.98. The molecule has 2 N–H and O–H groups in total. The molecule has 0 saturated carbocycles. The average molecular weight is 359 g/mol. The van der Waals surface area contributed by atoms with Crippen molar-refractivity contribution in [2.24, 2.45) is 0 Å². The molecule has 1 fully saturated rings. The van der Waals surface area contributed by atoms with Crippen molar-refractivity contribution in [3.05, 3.63) is 47.0 Å². The average Bonchev–Trinajstić information content (AvgIpc) is 3.03. The van der Waals surface area contributed by atoms with E-state index in [-0.39, 0.29) is 11.4 Å². The predicted octanol–water partition coefficient (Wildman–Crippen LogP) is 3.53. The van der Waals surface area contributed by atoms with E-state index in [9.17, 15) is 4.79 Å². The van der Waals surface area contributed by atoms with Crippen LogP contribution in [-0.2, 0) is 0 Å². The maximum absolute atomic E-state index is 12.8. The van der Waals surface area contributed by atoms with Crippen LogP contribution in [0.2, 0.25) is 0 Å². The lowest BCUT2D eigenvalue weighted by Crippen LogP contribution is -2.53. The van der Waals surface area contributed by atoms with Gasteiger partial charge in [0.1, 0.15) is 5.69 Å². The standard InChI is InChI=1S/C19H26N4OS/c1-19(2,22-11-7-4-8-12-22)14-21-17(24)16-13-20-18(25)23(16)15-9-5-3-6-10-15/h3,5-6,9-10,13H,4,7-8,11-12,14H2,1-2H3,(H,20,25)(H,21,24). The minimum atomic E-state index is -0.110. The number of carbonyl (C=O) groups excluding carboxylic acids is 1. The second-order valence-corrected chi connectivity index (χ2v) is 7.58. The number of imidazole rings is 1. The molecule has 0 aliphatic carbocycles. The Morgan fingerprint density at radius 1 is 1.20 bits per heavy atom. The van der Waals surface area contributed by atoms with Gasteiger partial charge in [-0.25, -0.2) is 0 Å². The molecule has 1 aliphatic rings. The highest BCUT2D eigenvalue weighted by atomic mass is 32.1. The molecule has 2 heterocycles. The quantitative estimate of drug-likeness (QED) is 0.804. The third-order valence-electron chi connectivity index (χ3n) is 4.92. The van der Waals surface area contributed by atoms with Gasteiger partial charge in [0.05, 0.1) is 0 Å². The molecule has 0 spiro atoms. The van der Waals surface area contributed by atoms with Gasteiger partial charge < -0.3 is 10.3 Å². The molecule has 0 radical (unpaired) electrons. The van der Waals surface area contributed by atoms with Gasteiger partial charge >= 0.3 is 0 Å². The number of nitrogens with zero attached hydrogens (tertiary/aromatic N) is 2. The van der Waals surface area contributed by atoms with Crippen molar-refractivity contribution < 1.29 is 4.79 Å². The molecular formula is C19H26N4OS. The second kappa shape index (κ2) is 7.54. The molecule has 134 valence electrons. The number of aromatic amines is 1. The smallest absolute Gasteiger partial charge is 0.269 e. The molecule has 2 aromatic rings. The van der Waals surface area contributed by atoms with E-state index in [0.29, 0.717) is 17.0 Å². The van der Waals surface area contributed by atoms with Gasteiger partial charge in [-0.2, -0.15) is 0 Å². The zero-order chi connectivity index (χ0) is 17.9. The first-order valence-corrected chi connectivity index (χ1v) is 9.29. The number of amides is 1. The summed E-state index contributed by atoms with van der Waals surface area (Å²) in [6.07, 6.45) is 5.46. The molecule has 25 heavy (non-hydrogen) atoms. The highest BCUT2D eigenvalue weighted by Gasteiger charge is 2.28. The molecule has 0 unspecified atom stereocenters. The number of benzene rings is 1. The third kappa shape index (κ3) is 4.02. The number of hydrogen-bond donors (Lipinski definition) is 2. The number of carbonyl (C=O) groups is 1. The van der Waals surface area contributed by atoms with Crippen LogP contribution in [0, 0.1) is 4.77 Å². The van der Waals surface area contributed by atoms with Crippen LogP contribution in [0.15, 0.2) is 36.5 Å². The largest absolute Gasteiger partial charge is 0.349 e. The van der Waals surface area contributed by atoms with Gasteiger partial charge in [0.15, 0.2) is 4.77 Å². The third-order valence-corrected chi connectivity index (χ3v) is 5.22. The van der Waals surface area contributed by atoms with Gasteiger partial charge in [-0.05, 0) is 64.1 Å². The Bertz CT molecular complexity index is 772. The molecule has 0 atom stereocenters. The summed E-state index contributed by atoms with van der Waals surface area (Å²) in [5, 5.41) is 3.09. The first-order chi connectivity index (χ1) is 12.0. The molecule has 0 bridgehead atoms. The van der Waals surface area contributed by atoms with E-state index in [4.69, 9.17) is 12.2 Å². The maximum Gasteiger partial charge on any atom is 0.269 e. The first kappa shape index (κ1) is 17.9. The highest BCUT2D eigenvalue weighted by molar-refractivity contribution is 7.71. The van der Waals surface area contributed by atoms with E-state index in [1.54, 1.807) is 10.8 Å². The van der Waals surface area contributed by atoms with Crippen LogP contribution in [-0.4, -0.2) is 45.5 Å². The Labute approximate surface area is 154 Å². The minimum Gasteiger partial charge on any atom is -0.349 e. The molecule has 6 heteroatoms. The summed E-state index contributed by atoms with van der Waals surface area (Å²) < 4.78 is 2.30. The van der Waals surface area contributed by atoms with E-state index >= 15 is 0 Å². The number of H-pyrrole nitrogens is 1. The summed E-state index contributed by atoms with van der Waals surface area (Å²) in [5.41, 5.74) is 1.36. The van der Waals surface area contributed by atoms with Crippen molar-refractivity contribution in [1.29, 1.82) is 0 Å². The van der Waals surface area contributed by atoms with Crippen LogP contribution in [0.25, 0.3) is 5.69 Å². The molecule has 1 saturated heterocycles. The number of piperidine rings is 1. The van der Waals surface area contributed by atoms with Crippen LogP contribution in [0.4, 0.5) is 0 Å². The van der Waals surface area contributed by atoms with Gasteiger partial charge in [-0.1, -0.05) is 24.6 Å². The van der Waals surface area contributed by atoms with E-state index in [2.05, 4.69) is 29.0 Å². The van der Waals surface area contributed by atoms with E-state index < -0.39 is 0 Å². The number of likely N-dealkylation sites (tertiary alicyclic amines) is 1. The fourth-order valence-electron chi connectivity index (χ4n) is 3.37. The van der Waals surface area contributed by atoms with Gasteiger partial charge in [0.25, 0.3) is 5.91 Å². The maximum atomic E-state index is 12.8. The van der Waals surface area contributed by atoms with Crippen LogP contribution >= 0.6 is 12.2 Å². The Balaban J connectivity index is 1.73. The van der Waals surface area contributed by atoms with E-state index in [1.807, 2.05) is 30.3 Å². The van der Waals surface area contributed by atoms with Gasteiger partial charge in [0.2, 0.25) is 0 Å². The number of nitrogens with one attached hydrogen (secondary N) is 2. The monoisotopic (exact) mass is 358 g/mol. The molecule has 1 aromatic carbocycles. The first-order valence-electron chi connectivity index (χ1n) is 8.88. The summed E-state index contributed by atoms with van der Waals surface area (Å²) in [6.45, 7) is 7.21. The molecule has 5 nitrogen and oxygen atoms in total. The molecule has 3 rings (SSSR count). The molecule has 1 aromatic heterocycles. The van der Waals surface area contributed by atoms with Crippen molar-refractivity contribution in [3.63, 3.8) is 0 Å². The number of para-hydroxylation sites is 1. The fourth-order valence-corrected chi connectivity index (χ4v) is 3.63. The Morgan fingerprint density at radius 2 is 1.88 bits per heavy atom. The lowest BCUT2D eigenvalue weighted by molar-refractivity contribution is 0.0793. The molecule has 1 amide bonds. The van der Waals surface area contributed by atoms with E-state index in [1.165, 1.54) is 19.3 Å². The Kier molecular flexibility index (Phi) is 5.39. The van der Waals surface area contributed by atoms with Gasteiger partial charge in [0, 0.05) is 24.0 Å². The van der Waals surface area contributed by atoms with Crippen LogP contribution < -0.4 is 5.32 Å². The van der Waals surface area contributed by atoms with Crippen LogP contribution in [0.3, 0.4) is 0 Å². The molecular weight excluding hydrogens is 332 g/mol. The summed E-state index contributed by atoms with van der Waals surface area (Å²) >= 11 is 5.35. The summed E-state index contributed by atoms with van der Waals surface area (Å²) in [5.74, 6) is -0.110. The van der Waals surface area contributed by atoms with Crippen LogP contribution in [0.1, 0.15) is 43.6 Å². The van der Waals surface area contributed by atoms with Crippen molar-refractivity contribution >= 4 is 18.1 Å². The van der Waals surface area contributed by atoms with Gasteiger partial charge in [-0.15, -0.1) is 0 Å². The summed E-state index contributed by atoms with van der Waals surface area (Å²) in [7, 11) is 0. The fraction of sp³-hybridized carbons (Fsp3) is 0.474. The highest BCUT2D eigenvalue weighted by Crippen LogP contribution is 2.20. The van der Waals surface area contributed by atoms with Crippen molar-refractivity contribution in [1.82, 2.24) is 19.8 Å². The van der Waals surface area contributed by atoms with Crippen LogP contribution in [0.5, 0.6) is 0 Å². The lowest BCUT2D eigenvalue weighted by Gasteiger charge is -2.41. The second-order valence-electron chi connectivity index (χ2n) is 7.19. The van der Waals surface area contributed by atoms with Gasteiger partial charge in [-0.3, -0.25) is 14.3 Å². The Morgan fingerprint density at radius 3 is 2.56 bits per heavy atom. The Hall–Kier alpha value is -1.92. The summed E-state index contributed by atoms with van der Waals surface area (Å²) in [6, 6.07) is 9.70. The normalized spacial score (nSPS) is 15.9. The topological polar surface area (TPSA) is 53.1 Å². The number of aromatic nitrogens is 2. The predicted molar refractivity (Wildman–Crippen MR) is 103 cm³/mol. The minimum absolute atomic E-state index is 0.0548. The van der Waals surface area contributed by atoms with Crippen molar-refractivity contribution in [3.8, 4) is 5.69 Å². The zero-order valence-corrected chi connectivity index (χ0v) is 15.7. The van der Waals surface area contributed by atoms with Crippen molar-refractivity contribution in [2.75, 3.05) is 19.6 Å². The SMILES string of the molecule is CC(C)(CNC(=O)c1c[nH]c(=S)n1-c1ccccc1)N1CCCCC1. The van der Waals surface area contributed by atoms with Crippen molar-refractivity contribution in [2.45, 2.75) is 38.6 Å².